The fraction of sp³-hybridized carbons (Fsp3) is 0.667. The van der Waals surface area contributed by atoms with Gasteiger partial charge in [-0.3, -0.25) is 0 Å². The summed E-state index contributed by atoms with van der Waals surface area (Å²) in [6, 6.07) is 9.07. The molecule has 1 amide bonds. The van der Waals surface area contributed by atoms with E-state index in [1.54, 1.807) is 0 Å². The topological polar surface area (TPSA) is 66.9 Å². The van der Waals surface area contributed by atoms with E-state index in [9.17, 15) is 4.79 Å². The second-order valence-electron chi connectivity index (χ2n) is 9.23. The van der Waals surface area contributed by atoms with Crippen molar-refractivity contribution in [1.82, 2.24) is 4.90 Å². The predicted molar refractivity (Wildman–Crippen MR) is 116 cm³/mol. The lowest BCUT2D eigenvalue weighted by Crippen LogP contribution is -2.44. The molecule has 1 aromatic rings. The number of rotatable bonds is 3. The van der Waals surface area contributed by atoms with Crippen LogP contribution in [-0.2, 0) is 20.7 Å². The number of hydrogen-bond acceptors (Lipinski definition) is 5. The van der Waals surface area contributed by atoms with Gasteiger partial charge in [0.2, 0.25) is 0 Å². The SMILES string of the molecule is CCc1ccc(N2CCC(C3CCN(C(=O)OC(C)(C)C)CC3)CC2)cc1.O=C=O. The van der Waals surface area contributed by atoms with Crippen molar-refractivity contribution in [2.75, 3.05) is 31.1 Å². The van der Waals surface area contributed by atoms with Gasteiger partial charge in [0.1, 0.15) is 5.60 Å². The van der Waals surface area contributed by atoms with E-state index in [0.717, 1.165) is 57.3 Å². The summed E-state index contributed by atoms with van der Waals surface area (Å²) >= 11 is 0. The molecule has 0 bridgehead atoms. The molecule has 0 saturated carbocycles. The number of benzene rings is 1. The highest BCUT2D eigenvalue weighted by Gasteiger charge is 2.32. The summed E-state index contributed by atoms with van der Waals surface area (Å²) in [6.45, 7) is 12.0. The van der Waals surface area contributed by atoms with Crippen molar-refractivity contribution in [2.24, 2.45) is 11.8 Å². The van der Waals surface area contributed by atoms with E-state index in [-0.39, 0.29) is 12.2 Å². The van der Waals surface area contributed by atoms with Crippen LogP contribution in [0.2, 0.25) is 0 Å². The summed E-state index contributed by atoms with van der Waals surface area (Å²) in [6.07, 6.45) is 5.99. The van der Waals surface area contributed by atoms with Crippen molar-refractivity contribution in [1.29, 1.82) is 0 Å². The van der Waals surface area contributed by atoms with Crippen molar-refractivity contribution in [3.05, 3.63) is 29.8 Å². The minimum absolute atomic E-state index is 0.147. The van der Waals surface area contributed by atoms with Gasteiger partial charge in [-0.2, -0.15) is 9.59 Å². The van der Waals surface area contributed by atoms with Crippen molar-refractivity contribution in [2.45, 2.75) is 65.4 Å². The van der Waals surface area contributed by atoms with Gasteiger partial charge in [-0.15, -0.1) is 0 Å². The highest BCUT2D eigenvalue weighted by atomic mass is 16.6. The lowest BCUT2D eigenvalue weighted by molar-refractivity contribution is -0.191. The Hall–Kier alpha value is -2.33. The average molecular weight is 417 g/mol. The van der Waals surface area contributed by atoms with Gasteiger partial charge in [-0.25, -0.2) is 4.79 Å². The number of amides is 1. The van der Waals surface area contributed by atoms with Gasteiger partial charge in [0, 0.05) is 31.9 Å². The zero-order valence-electron chi connectivity index (χ0n) is 18.9. The molecule has 3 rings (SSSR count). The molecule has 30 heavy (non-hydrogen) atoms. The second-order valence-corrected chi connectivity index (χ2v) is 9.23. The van der Waals surface area contributed by atoms with Crippen LogP contribution in [0.15, 0.2) is 24.3 Å². The number of carbonyl (C=O) groups excluding carboxylic acids is 3. The van der Waals surface area contributed by atoms with Crippen LogP contribution in [0, 0.1) is 11.8 Å². The molecule has 0 N–H and O–H groups in total. The minimum Gasteiger partial charge on any atom is -0.444 e. The maximum atomic E-state index is 12.2. The Morgan fingerprint density at radius 3 is 1.87 bits per heavy atom. The molecule has 6 heteroatoms. The van der Waals surface area contributed by atoms with Gasteiger partial charge in [-0.05, 0) is 82.4 Å². The van der Waals surface area contributed by atoms with Crippen molar-refractivity contribution in [3.8, 4) is 0 Å². The van der Waals surface area contributed by atoms with Gasteiger partial charge in [-0.1, -0.05) is 19.1 Å². The number of carbonyl (C=O) groups is 1. The Bertz CT molecular complexity index is 689. The van der Waals surface area contributed by atoms with Gasteiger partial charge < -0.3 is 14.5 Å². The number of likely N-dealkylation sites (tertiary alicyclic amines) is 1. The molecule has 0 atom stereocenters. The lowest BCUT2D eigenvalue weighted by atomic mass is 9.79. The summed E-state index contributed by atoms with van der Waals surface area (Å²) in [5, 5.41) is 0. The Morgan fingerprint density at radius 1 is 0.967 bits per heavy atom. The van der Waals surface area contributed by atoms with Crippen LogP contribution in [0.4, 0.5) is 10.5 Å². The van der Waals surface area contributed by atoms with Crippen LogP contribution in [0.3, 0.4) is 0 Å². The maximum absolute atomic E-state index is 12.2. The first kappa shape index (κ1) is 23.9. The first-order valence-corrected chi connectivity index (χ1v) is 11.1. The molecule has 0 radical (unpaired) electrons. The molecule has 6 nitrogen and oxygen atoms in total. The van der Waals surface area contributed by atoms with Crippen LogP contribution in [0.25, 0.3) is 0 Å². The first-order chi connectivity index (χ1) is 14.3. The van der Waals surface area contributed by atoms with Crippen LogP contribution in [0.5, 0.6) is 0 Å². The molecule has 0 aliphatic carbocycles. The molecule has 166 valence electrons. The standard InChI is InChI=1S/C23H36N2O2.CO2/c1-5-18-6-8-21(9-7-18)24-14-10-19(11-15-24)20-12-16-25(17-13-20)22(26)27-23(2,3)4;2-1-3/h6-9,19-20H,5,10-17H2,1-4H3;. The van der Waals surface area contributed by atoms with Gasteiger partial charge in [0.05, 0.1) is 0 Å². The number of anilines is 1. The summed E-state index contributed by atoms with van der Waals surface area (Å²) in [5.41, 5.74) is 2.37. The zero-order valence-corrected chi connectivity index (χ0v) is 18.9. The summed E-state index contributed by atoms with van der Waals surface area (Å²) in [4.78, 5) is 32.9. The van der Waals surface area contributed by atoms with E-state index in [2.05, 4.69) is 36.1 Å². The second kappa shape index (κ2) is 11.2. The normalized spacial score (nSPS) is 18.3. The summed E-state index contributed by atoms with van der Waals surface area (Å²) in [7, 11) is 0. The largest absolute Gasteiger partial charge is 0.444 e. The third-order valence-corrected chi connectivity index (χ3v) is 6.11. The smallest absolute Gasteiger partial charge is 0.410 e. The van der Waals surface area contributed by atoms with Crippen LogP contribution in [0.1, 0.15) is 58.9 Å². The Labute approximate surface area is 180 Å². The van der Waals surface area contributed by atoms with Crippen molar-refractivity contribution >= 4 is 17.9 Å². The lowest BCUT2D eigenvalue weighted by Gasteiger charge is -2.41. The maximum Gasteiger partial charge on any atom is 0.410 e. The predicted octanol–water partition coefficient (Wildman–Crippen LogP) is 4.53. The van der Waals surface area contributed by atoms with E-state index in [4.69, 9.17) is 14.3 Å². The minimum atomic E-state index is -0.407. The molecule has 2 heterocycles. The molecule has 2 saturated heterocycles. The highest BCUT2D eigenvalue weighted by Crippen LogP contribution is 2.34. The molecule has 2 fully saturated rings. The quantitative estimate of drug-likeness (QED) is 0.724. The molecular formula is C24H36N2O4. The molecular weight excluding hydrogens is 380 g/mol. The average Bonchev–Trinajstić information content (AvgIpc) is 2.73. The number of ether oxygens (including phenoxy) is 1. The third-order valence-electron chi connectivity index (χ3n) is 6.11. The van der Waals surface area contributed by atoms with Crippen LogP contribution in [-0.4, -0.2) is 48.9 Å². The molecule has 0 spiro atoms. The van der Waals surface area contributed by atoms with Gasteiger partial charge >= 0.3 is 12.2 Å². The van der Waals surface area contributed by atoms with Gasteiger partial charge in [0.15, 0.2) is 0 Å². The highest BCUT2D eigenvalue weighted by molar-refractivity contribution is 5.68. The number of aryl methyl sites for hydroxylation is 1. The van der Waals surface area contributed by atoms with E-state index < -0.39 is 5.60 Å². The Balaban J connectivity index is 0.00000101. The molecule has 2 aliphatic rings. The Morgan fingerprint density at radius 2 is 1.43 bits per heavy atom. The molecule has 0 unspecified atom stereocenters. The first-order valence-electron chi connectivity index (χ1n) is 11.1. The van der Waals surface area contributed by atoms with E-state index in [1.165, 1.54) is 24.1 Å². The zero-order chi connectivity index (χ0) is 22.1. The van der Waals surface area contributed by atoms with Crippen LogP contribution >= 0.6 is 0 Å². The third kappa shape index (κ3) is 7.17. The summed E-state index contributed by atoms with van der Waals surface area (Å²) in [5.74, 6) is 1.56. The summed E-state index contributed by atoms with van der Waals surface area (Å²) < 4.78 is 5.52. The molecule has 2 aliphatic heterocycles. The van der Waals surface area contributed by atoms with E-state index in [0.29, 0.717) is 0 Å². The number of piperidine rings is 2. The van der Waals surface area contributed by atoms with E-state index >= 15 is 0 Å². The number of nitrogens with zero attached hydrogens (tertiary/aromatic N) is 2. The Kier molecular flexibility index (Phi) is 8.91. The van der Waals surface area contributed by atoms with Crippen molar-refractivity contribution in [3.63, 3.8) is 0 Å². The van der Waals surface area contributed by atoms with E-state index in [1.807, 2.05) is 25.7 Å². The fourth-order valence-corrected chi connectivity index (χ4v) is 4.45. The number of hydrogen-bond donors (Lipinski definition) is 0. The molecule has 1 aromatic carbocycles. The fourth-order valence-electron chi connectivity index (χ4n) is 4.45. The monoisotopic (exact) mass is 416 g/mol. The molecule has 0 aromatic heterocycles. The van der Waals surface area contributed by atoms with Crippen molar-refractivity contribution < 1.29 is 19.1 Å². The van der Waals surface area contributed by atoms with Crippen LogP contribution < -0.4 is 4.90 Å². The van der Waals surface area contributed by atoms with Gasteiger partial charge in [0.25, 0.3) is 0 Å².